The van der Waals surface area contributed by atoms with E-state index >= 15 is 0 Å². The van der Waals surface area contributed by atoms with Gasteiger partial charge in [-0.2, -0.15) is 0 Å². The first kappa shape index (κ1) is 19.5. The number of rotatable bonds is 6. The molecular weight excluding hydrogens is 362 g/mol. The van der Waals surface area contributed by atoms with Crippen LogP contribution in [-0.2, 0) is 14.3 Å². The van der Waals surface area contributed by atoms with Crippen LogP contribution in [0.4, 0.5) is 4.79 Å². The lowest BCUT2D eigenvalue weighted by molar-refractivity contribution is -0.147. The summed E-state index contributed by atoms with van der Waals surface area (Å²) in [5.74, 6) is -0.489. The van der Waals surface area contributed by atoms with Crippen LogP contribution in [0.1, 0.15) is 38.8 Å². The average Bonchev–Trinajstić information content (AvgIpc) is 2.49. The molecule has 1 aromatic rings. The molecule has 1 amide bonds. The van der Waals surface area contributed by atoms with Gasteiger partial charge in [-0.05, 0) is 32.8 Å². The van der Waals surface area contributed by atoms with E-state index in [0.29, 0.717) is 18.5 Å². The van der Waals surface area contributed by atoms with Gasteiger partial charge in [0.15, 0.2) is 6.04 Å². The predicted octanol–water partition coefficient (Wildman–Crippen LogP) is 3.92. The number of hydrogen-bond donors (Lipinski definition) is 0. The lowest BCUT2D eigenvalue weighted by Crippen LogP contribution is -2.43. The number of hydrogen-bond acceptors (Lipinski definition) is 4. The van der Waals surface area contributed by atoms with Crippen LogP contribution in [0.3, 0.4) is 0 Å². The molecule has 0 N–H and O–H groups in total. The molecule has 0 aliphatic heterocycles. The van der Waals surface area contributed by atoms with Gasteiger partial charge >= 0.3 is 12.1 Å². The Bertz CT molecular complexity index is 513. The molecular formula is C17H24BrNO4. The highest BCUT2D eigenvalue weighted by Crippen LogP contribution is 2.25. The second-order valence-electron chi connectivity index (χ2n) is 6.05. The standard InChI is InChI=1S/C17H24BrNO4/c1-17(2,3)23-16(21)19(12-8-11-18)14(15(20)22-4)13-9-6-5-7-10-13/h5-7,9-10,14H,8,11-12H2,1-4H3/t14-/m1/s1. The molecule has 1 rings (SSSR count). The molecule has 0 fully saturated rings. The first-order valence-electron chi connectivity index (χ1n) is 7.48. The van der Waals surface area contributed by atoms with Gasteiger partial charge in [-0.3, -0.25) is 4.90 Å². The number of carbonyl (C=O) groups excluding carboxylic acids is 2. The normalized spacial score (nSPS) is 12.4. The van der Waals surface area contributed by atoms with Gasteiger partial charge in [-0.1, -0.05) is 46.3 Å². The third-order valence-corrected chi connectivity index (χ3v) is 3.57. The van der Waals surface area contributed by atoms with E-state index in [2.05, 4.69) is 15.9 Å². The van der Waals surface area contributed by atoms with Gasteiger partial charge in [0, 0.05) is 11.9 Å². The lowest BCUT2D eigenvalue weighted by atomic mass is 10.1. The Morgan fingerprint density at radius 1 is 1.22 bits per heavy atom. The van der Waals surface area contributed by atoms with Gasteiger partial charge in [-0.15, -0.1) is 0 Å². The van der Waals surface area contributed by atoms with Crippen LogP contribution < -0.4 is 0 Å². The summed E-state index contributed by atoms with van der Waals surface area (Å²) in [5.41, 5.74) is 0.0564. The van der Waals surface area contributed by atoms with Crippen molar-refractivity contribution in [2.24, 2.45) is 0 Å². The minimum absolute atomic E-state index is 0.384. The summed E-state index contributed by atoms with van der Waals surface area (Å²) in [5, 5.41) is 0.717. The van der Waals surface area contributed by atoms with Crippen LogP contribution in [0.2, 0.25) is 0 Å². The van der Waals surface area contributed by atoms with Crippen LogP contribution in [0, 0.1) is 0 Å². The van der Waals surface area contributed by atoms with Crippen molar-refractivity contribution in [1.29, 1.82) is 0 Å². The number of esters is 1. The van der Waals surface area contributed by atoms with Gasteiger partial charge in [-0.25, -0.2) is 9.59 Å². The van der Waals surface area contributed by atoms with Gasteiger partial charge in [0.1, 0.15) is 5.60 Å². The second-order valence-corrected chi connectivity index (χ2v) is 6.85. The molecule has 0 aromatic heterocycles. The smallest absolute Gasteiger partial charge is 0.411 e. The van der Waals surface area contributed by atoms with Crippen LogP contribution >= 0.6 is 15.9 Å². The highest BCUT2D eigenvalue weighted by molar-refractivity contribution is 9.09. The van der Waals surface area contributed by atoms with Crippen molar-refractivity contribution in [3.63, 3.8) is 0 Å². The maximum absolute atomic E-state index is 12.6. The highest BCUT2D eigenvalue weighted by atomic mass is 79.9. The zero-order chi connectivity index (χ0) is 17.5. The van der Waals surface area contributed by atoms with Crippen LogP contribution in [0.15, 0.2) is 30.3 Å². The van der Waals surface area contributed by atoms with Gasteiger partial charge in [0.2, 0.25) is 0 Å². The first-order chi connectivity index (χ1) is 10.8. The van der Waals surface area contributed by atoms with Gasteiger partial charge < -0.3 is 9.47 Å². The number of halogens is 1. The third-order valence-electron chi connectivity index (χ3n) is 3.01. The maximum Gasteiger partial charge on any atom is 0.411 e. The molecule has 0 bridgehead atoms. The SMILES string of the molecule is COC(=O)[C@@H](c1ccccc1)N(CCCBr)C(=O)OC(C)(C)C. The maximum atomic E-state index is 12.6. The molecule has 5 nitrogen and oxygen atoms in total. The quantitative estimate of drug-likeness (QED) is 0.549. The summed E-state index contributed by atoms with van der Waals surface area (Å²) in [6.45, 7) is 5.77. The summed E-state index contributed by atoms with van der Waals surface area (Å²) < 4.78 is 10.4. The van der Waals surface area contributed by atoms with Crippen molar-refractivity contribution >= 4 is 28.0 Å². The van der Waals surface area contributed by atoms with E-state index in [1.54, 1.807) is 32.9 Å². The average molecular weight is 386 g/mol. The molecule has 0 aliphatic rings. The summed E-state index contributed by atoms with van der Waals surface area (Å²) >= 11 is 3.35. The molecule has 0 spiro atoms. The number of ether oxygens (including phenoxy) is 2. The topological polar surface area (TPSA) is 55.8 Å². The molecule has 0 aliphatic carbocycles. The summed E-state index contributed by atoms with van der Waals surface area (Å²) in [6, 6.07) is 8.27. The number of methoxy groups -OCH3 is 1. The number of carbonyl (C=O) groups is 2. The molecule has 0 saturated carbocycles. The van der Waals surface area contributed by atoms with Crippen molar-refractivity contribution in [2.75, 3.05) is 19.0 Å². The largest absolute Gasteiger partial charge is 0.467 e. The molecule has 1 atom stereocenters. The minimum atomic E-state index is -0.824. The third kappa shape index (κ3) is 6.22. The Labute approximate surface area is 146 Å². The molecule has 0 unspecified atom stereocenters. The number of amides is 1. The molecule has 23 heavy (non-hydrogen) atoms. The number of benzene rings is 1. The van der Waals surface area contributed by atoms with Crippen molar-refractivity contribution in [2.45, 2.75) is 38.8 Å². The fraction of sp³-hybridized carbons (Fsp3) is 0.529. The van der Waals surface area contributed by atoms with E-state index < -0.39 is 23.7 Å². The van der Waals surface area contributed by atoms with Gasteiger partial charge in [0.25, 0.3) is 0 Å². The van der Waals surface area contributed by atoms with E-state index in [-0.39, 0.29) is 0 Å². The molecule has 0 heterocycles. The van der Waals surface area contributed by atoms with Crippen LogP contribution in [-0.4, -0.2) is 41.5 Å². The second kappa shape index (κ2) is 8.91. The Morgan fingerprint density at radius 2 is 1.83 bits per heavy atom. The van der Waals surface area contributed by atoms with Crippen molar-refractivity contribution in [3.8, 4) is 0 Å². The molecule has 1 aromatic carbocycles. The Balaban J connectivity index is 3.16. The first-order valence-corrected chi connectivity index (χ1v) is 8.60. The monoisotopic (exact) mass is 385 g/mol. The molecule has 128 valence electrons. The molecule has 6 heteroatoms. The predicted molar refractivity (Wildman–Crippen MR) is 92.6 cm³/mol. The Hall–Kier alpha value is -1.56. The fourth-order valence-electron chi connectivity index (χ4n) is 2.07. The van der Waals surface area contributed by atoms with E-state index in [9.17, 15) is 9.59 Å². The zero-order valence-electron chi connectivity index (χ0n) is 14.0. The van der Waals surface area contributed by atoms with Crippen molar-refractivity contribution in [3.05, 3.63) is 35.9 Å². The fourth-order valence-corrected chi connectivity index (χ4v) is 2.32. The lowest BCUT2D eigenvalue weighted by Gasteiger charge is -2.32. The van der Waals surface area contributed by atoms with E-state index in [1.807, 2.05) is 18.2 Å². The van der Waals surface area contributed by atoms with E-state index in [4.69, 9.17) is 9.47 Å². The zero-order valence-corrected chi connectivity index (χ0v) is 15.6. The number of nitrogens with zero attached hydrogens (tertiary/aromatic N) is 1. The summed E-state index contributed by atoms with van der Waals surface area (Å²) in [6.07, 6.45) is 0.164. The van der Waals surface area contributed by atoms with Crippen molar-refractivity contribution in [1.82, 2.24) is 4.90 Å². The Morgan fingerprint density at radius 3 is 2.30 bits per heavy atom. The summed E-state index contributed by atoms with van der Waals surface area (Å²) in [7, 11) is 1.32. The van der Waals surface area contributed by atoms with E-state index in [0.717, 1.165) is 5.33 Å². The molecule has 0 saturated heterocycles. The van der Waals surface area contributed by atoms with Crippen LogP contribution in [0.25, 0.3) is 0 Å². The Kier molecular flexibility index (Phi) is 7.55. The van der Waals surface area contributed by atoms with Crippen LogP contribution in [0.5, 0.6) is 0 Å². The van der Waals surface area contributed by atoms with Gasteiger partial charge in [0.05, 0.1) is 7.11 Å². The highest BCUT2D eigenvalue weighted by Gasteiger charge is 2.34. The molecule has 0 radical (unpaired) electrons. The van der Waals surface area contributed by atoms with E-state index in [1.165, 1.54) is 12.0 Å². The van der Waals surface area contributed by atoms with Crippen molar-refractivity contribution < 1.29 is 19.1 Å². The number of alkyl halides is 1. The summed E-state index contributed by atoms with van der Waals surface area (Å²) in [4.78, 5) is 26.3. The minimum Gasteiger partial charge on any atom is -0.467 e.